The molecule has 108 valence electrons. The highest BCUT2D eigenvalue weighted by Gasteiger charge is 2.05. The second kappa shape index (κ2) is 6.13. The number of Topliss-reactive ketones (excluding diaryl/α,β-unsaturated/α-hetero) is 1. The SMILES string of the molecule is CC(=O)c1ccc(-c2cnc(N[n+]3ccccc3)cn2)cc1. The van der Waals surface area contributed by atoms with E-state index in [9.17, 15) is 4.79 Å². The molecule has 2 heterocycles. The van der Waals surface area contributed by atoms with Crippen molar-refractivity contribution in [3.8, 4) is 11.3 Å². The molecule has 1 N–H and O–H groups in total. The number of nitrogens with zero attached hydrogens (tertiary/aromatic N) is 3. The van der Waals surface area contributed by atoms with Crippen LogP contribution < -0.4 is 10.1 Å². The molecule has 0 bridgehead atoms. The van der Waals surface area contributed by atoms with E-state index in [1.807, 2.05) is 42.7 Å². The van der Waals surface area contributed by atoms with E-state index in [1.165, 1.54) is 0 Å². The zero-order valence-corrected chi connectivity index (χ0v) is 12.1. The minimum absolute atomic E-state index is 0.0528. The first kappa shape index (κ1) is 13.9. The van der Waals surface area contributed by atoms with Gasteiger partial charge in [-0.3, -0.25) is 9.78 Å². The predicted octanol–water partition coefficient (Wildman–Crippen LogP) is 2.51. The number of anilines is 1. The van der Waals surface area contributed by atoms with Crippen LogP contribution in [0.25, 0.3) is 11.3 Å². The van der Waals surface area contributed by atoms with Gasteiger partial charge in [-0.05, 0) is 6.92 Å². The van der Waals surface area contributed by atoms with Crippen molar-refractivity contribution < 1.29 is 9.47 Å². The van der Waals surface area contributed by atoms with Crippen LogP contribution in [0.5, 0.6) is 0 Å². The summed E-state index contributed by atoms with van der Waals surface area (Å²) in [4.78, 5) is 20.0. The van der Waals surface area contributed by atoms with Crippen molar-refractivity contribution >= 4 is 11.6 Å². The molecular weight excluding hydrogens is 276 g/mol. The van der Waals surface area contributed by atoms with Gasteiger partial charge in [0.1, 0.15) is 0 Å². The quantitative estimate of drug-likeness (QED) is 0.593. The molecule has 0 fully saturated rings. The van der Waals surface area contributed by atoms with Crippen LogP contribution in [0.4, 0.5) is 5.82 Å². The molecule has 0 aliphatic rings. The smallest absolute Gasteiger partial charge is 0.203 e. The van der Waals surface area contributed by atoms with Crippen molar-refractivity contribution in [1.29, 1.82) is 0 Å². The summed E-state index contributed by atoms with van der Waals surface area (Å²) in [5.74, 6) is 0.706. The fourth-order valence-corrected chi connectivity index (χ4v) is 2.02. The van der Waals surface area contributed by atoms with E-state index in [4.69, 9.17) is 0 Å². The van der Waals surface area contributed by atoms with Crippen molar-refractivity contribution in [2.75, 3.05) is 5.43 Å². The van der Waals surface area contributed by atoms with Crippen LogP contribution in [0, 0.1) is 0 Å². The van der Waals surface area contributed by atoms with Crippen LogP contribution in [-0.4, -0.2) is 15.8 Å². The van der Waals surface area contributed by atoms with Crippen LogP contribution in [0.3, 0.4) is 0 Å². The van der Waals surface area contributed by atoms with Crippen LogP contribution >= 0.6 is 0 Å². The lowest BCUT2D eigenvalue weighted by atomic mass is 10.1. The van der Waals surface area contributed by atoms with Gasteiger partial charge in [0.25, 0.3) is 0 Å². The number of rotatable bonds is 4. The first-order chi connectivity index (χ1) is 10.7. The number of hydrogen-bond donors (Lipinski definition) is 1. The molecule has 0 amide bonds. The van der Waals surface area contributed by atoms with Crippen molar-refractivity contribution in [2.45, 2.75) is 6.92 Å². The van der Waals surface area contributed by atoms with Gasteiger partial charge >= 0.3 is 0 Å². The summed E-state index contributed by atoms with van der Waals surface area (Å²) < 4.78 is 1.80. The molecular formula is C17H15N4O+. The lowest BCUT2D eigenvalue weighted by Gasteiger charge is -2.03. The third-order valence-electron chi connectivity index (χ3n) is 3.20. The second-order valence-electron chi connectivity index (χ2n) is 4.81. The molecule has 0 spiro atoms. The zero-order valence-electron chi connectivity index (χ0n) is 12.1. The summed E-state index contributed by atoms with van der Waals surface area (Å²) in [7, 11) is 0. The second-order valence-corrected chi connectivity index (χ2v) is 4.81. The molecule has 1 aromatic carbocycles. The molecule has 0 saturated carbocycles. The van der Waals surface area contributed by atoms with E-state index in [1.54, 1.807) is 36.1 Å². The van der Waals surface area contributed by atoms with Crippen molar-refractivity contribution in [1.82, 2.24) is 9.97 Å². The summed E-state index contributed by atoms with van der Waals surface area (Å²) >= 11 is 0. The zero-order chi connectivity index (χ0) is 15.4. The standard InChI is InChI=1S/C17H14N4O/c1-13(22)14-5-7-15(8-6-14)16-11-19-17(12-18-16)20-21-9-3-2-4-10-21/h2-12H,1H3/p+1. The normalized spacial score (nSPS) is 10.2. The fourth-order valence-electron chi connectivity index (χ4n) is 2.02. The minimum atomic E-state index is 0.0528. The molecule has 0 atom stereocenters. The molecule has 0 aliphatic carbocycles. The van der Waals surface area contributed by atoms with Gasteiger partial charge in [0, 0.05) is 23.3 Å². The Morgan fingerprint density at radius 1 is 1.00 bits per heavy atom. The van der Waals surface area contributed by atoms with Crippen LogP contribution in [0.1, 0.15) is 17.3 Å². The van der Waals surface area contributed by atoms with E-state index >= 15 is 0 Å². The maximum Gasteiger partial charge on any atom is 0.203 e. The van der Waals surface area contributed by atoms with E-state index in [0.717, 1.165) is 11.3 Å². The first-order valence-corrected chi connectivity index (χ1v) is 6.89. The lowest BCUT2D eigenvalue weighted by molar-refractivity contribution is -0.643. The number of carbonyl (C=O) groups excluding carboxylic acids is 1. The topological polar surface area (TPSA) is 58.8 Å². The molecule has 3 rings (SSSR count). The Labute approximate surface area is 128 Å². The van der Waals surface area contributed by atoms with Gasteiger partial charge in [-0.1, -0.05) is 35.0 Å². The average Bonchev–Trinajstić information content (AvgIpc) is 2.57. The minimum Gasteiger partial charge on any atom is -0.295 e. The molecule has 5 nitrogen and oxygen atoms in total. The summed E-state index contributed by atoms with van der Waals surface area (Å²) in [5, 5.41) is 0. The van der Waals surface area contributed by atoms with Gasteiger partial charge in [-0.2, -0.15) is 0 Å². The van der Waals surface area contributed by atoms with E-state index in [0.29, 0.717) is 11.4 Å². The fraction of sp³-hybridized carbons (Fsp3) is 0.0588. The molecule has 0 saturated heterocycles. The third-order valence-corrected chi connectivity index (χ3v) is 3.20. The highest BCUT2D eigenvalue weighted by Crippen LogP contribution is 2.17. The van der Waals surface area contributed by atoms with E-state index < -0.39 is 0 Å². The lowest BCUT2D eigenvalue weighted by Crippen LogP contribution is -2.41. The molecule has 5 heteroatoms. The van der Waals surface area contributed by atoms with Crippen LogP contribution in [-0.2, 0) is 0 Å². The Morgan fingerprint density at radius 3 is 2.32 bits per heavy atom. The largest absolute Gasteiger partial charge is 0.295 e. The van der Waals surface area contributed by atoms with Gasteiger partial charge in [0.15, 0.2) is 18.2 Å². The Bertz CT molecular complexity index is 768. The Kier molecular flexibility index (Phi) is 3.87. The molecule has 0 aliphatic heterocycles. The number of benzene rings is 1. The third kappa shape index (κ3) is 3.15. The monoisotopic (exact) mass is 291 g/mol. The van der Waals surface area contributed by atoms with Crippen molar-refractivity contribution in [3.63, 3.8) is 0 Å². The average molecular weight is 291 g/mol. The highest BCUT2D eigenvalue weighted by atomic mass is 16.1. The molecule has 0 radical (unpaired) electrons. The number of pyridine rings is 1. The van der Waals surface area contributed by atoms with Crippen LogP contribution in [0.15, 0.2) is 67.3 Å². The maximum atomic E-state index is 11.3. The van der Waals surface area contributed by atoms with E-state index in [2.05, 4.69) is 15.4 Å². The number of carbonyl (C=O) groups is 1. The van der Waals surface area contributed by atoms with Gasteiger partial charge in [0.2, 0.25) is 5.82 Å². The summed E-state index contributed by atoms with van der Waals surface area (Å²) in [5.41, 5.74) is 5.49. The summed E-state index contributed by atoms with van der Waals surface area (Å²) in [6.07, 6.45) is 7.15. The Hall–Kier alpha value is -3.08. The van der Waals surface area contributed by atoms with Gasteiger partial charge in [-0.25, -0.2) is 4.98 Å². The maximum absolute atomic E-state index is 11.3. The first-order valence-electron chi connectivity index (χ1n) is 6.89. The van der Waals surface area contributed by atoms with Gasteiger partial charge in [-0.15, -0.1) is 5.43 Å². The molecule has 22 heavy (non-hydrogen) atoms. The van der Waals surface area contributed by atoms with Crippen LogP contribution in [0.2, 0.25) is 0 Å². The van der Waals surface area contributed by atoms with Crippen molar-refractivity contribution in [3.05, 3.63) is 72.8 Å². The number of ketones is 1. The molecule has 0 unspecified atom stereocenters. The van der Waals surface area contributed by atoms with Gasteiger partial charge in [0.05, 0.1) is 18.1 Å². The number of hydrogen-bond acceptors (Lipinski definition) is 4. The van der Waals surface area contributed by atoms with Crippen molar-refractivity contribution in [2.24, 2.45) is 0 Å². The molecule has 2 aromatic heterocycles. The molecule has 3 aromatic rings. The van der Waals surface area contributed by atoms with E-state index in [-0.39, 0.29) is 5.78 Å². The summed E-state index contributed by atoms with van der Waals surface area (Å²) in [6, 6.07) is 13.1. The summed E-state index contributed by atoms with van der Waals surface area (Å²) in [6.45, 7) is 1.55. The highest BCUT2D eigenvalue weighted by molar-refractivity contribution is 5.94. The van der Waals surface area contributed by atoms with Gasteiger partial charge < -0.3 is 0 Å². The Balaban J connectivity index is 1.77. The number of nitrogens with one attached hydrogen (secondary N) is 1. The predicted molar refractivity (Wildman–Crippen MR) is 83.1 cm³/mol. The Morgan fingerprint density at radius 2 is 1.73 bits per heavy atom. The number of aromatic nitrogens is 3.